The molecule has 0 bridgehead atoms. The van der Waals surface area contributed by atoms with Crippen LogP contribution in [0.3, 0.4) is 0 Å². The zero-order chi connectivity index (χ0) is 11.6. The van der Waals surface area contributed by atoms with Gasteiger partial charge in [0, 0.05) is 6.26 Å². The Balaban J connectivity index is 2.95. The summed E-state index contributed by atoms with van der Waals surface area (Å²) in [6.45, 7) is 1.42. The predicted octanol–water partition coefficient (Wildman–Crippen LogP) is 1.29. The first kappa shape index (κ1) is 12.1. The van der Waals surface area contributed by atoms with E-state index in [1.807, 2.05) is 0 Å². The summed E-state index contributed by atoms with van der Waals surface area (Å²) in [5.41, 5.74) is 0.398. The van der Waals surface area contributed by atoms with Crippen molar-refractivity contribution in [3.05, 3.63) is 35.6 Å². The van der Waals surface area contributed by atoms with Crippen LogP contribution in [0.2, 0.25) is 0 Å². The molecular formula is C10H13FO3S. The van der Waals surface area contributed by atoms with Crippen molar-refractivity contribution in [1.82, 2.24) is 0 Å². The number of sulfone groups is 1. The molecule has 0 amide bonds. The largest absolute Gasteiger partial charge is 0.387 e. The van der Waals surface area contributed by atoms with Gasteiger partial charge in [-0.15, -0.1) is 0 Å². The van der Waals surface area contributed by atoms with E-state index in [0.29, 0.717) is 5.56 Å². The molecule has 0 fully saturated rings. The Morgan fingerprint density at radius 2 is 1.73 bits per heavy atom. The average molecular weight is 232 g/mol. The molecule has 0 aliphatic heterocycles. The van der Waals surface area contributed by atoms with E-state index < -0.39 is 27.0 Å². The molecular weight excluding hydrogens is 219 g/mol. The summed E-state index contributed by atoms with van der Waals surface area (Å²) in [5, 5.41) is 8.81. The highest BCUT2D eigenvalue weighted by Gasteiger charge is 2.25. The van der Waals surface area contributed by atoms with Crippen molar-refractivity contribution < 1.29 is 17.9 Å². The normalized spacial score (nSPS) is 16.0. The minimum atomic E-state index is -3.30. The molecule has 2 atom stereocenters. The SMILES string of the molecule is C[C@@H]([C@@H](O)c1ccc(F)cc1)S(C)(=O)=O. The van der Waals surface area contributed by atoms with Crippen molar-refractivity contribution in [2.45, 2.75) is 18.3 Å². The van der Waals surface area contributed by atoms with Gasteiger partial charge in [0.2, 0.25) is 0 Å². The highest BCUT2D eigenvalue weighted by molar-refractivity contribution is 7.91. The van der Waals surface area contributed by atoms with E-state index in [9.17, 15) is 17.9 Å². The van der Waals surface area contributed by atoms with Gasteiger partial charge in [0.25, 0.3) is 0 Å². The molecule has 15 heavy (non-hydrogen) atoms. The third-order valence-corrected chi connectivity index (χ3v) is 3.94. The third kappa shape index (κ3) is 3.00. The number of halogens is 1. The Labute approximate surface area is 88.5 Å². The molecule has 0 aromatic heterocycles. The number of aliphatic hydroxyl groups excluding tert-OH is 1. The van der Waals surface area contributed by atoms with Crippen LogP contribution in [0.25, 0.3) is 0 Å². The molecule has 0 unspecified atom stereocenters. The lowest BCUT2D eigenvalue weighted by atomic mass is 10.1. The van der Waals surface area contributed by atoms with Crippen molar-refractivity contribution in [2.24, 2.45) is 0 Å². The predicted molar refractivity (Wildman–Crippen MR) is 55.7 cm³/mol. The number of hydrogen-bond donors (Lipinski definition) is 1. The van der Waals surface area contributed by atoms with E-state index in [0.717, 1.165) is 6.26 Å². The summed E-state index contributed by atoms with van der Waals surface area (Å²) >= 11 is 0. The van der Waals surface area contributed by atoms with Crippen LogP contribution in [-0.4, -0.2) is 25.0 Å². The molecule has 1 aromatic rings. The molecule has 1 rings (SSSR count). The number of aliphatic hydroxyl groups is 1. The van der Waals surface area contributed by atoms with Gasteiger partial charge < -0.3 is 5.11 Å². The standard InChI is InChI=1S/C10H13FO3S/c1-7(15(2,13)14)10(12)8-3-5-9(11)6-4-8/h3-7,10,12H,1-2H3/t7-,10+/m0/s1. The number of benzene rings is 1. The van der Waals surface area contributed by atoms with Crippen LogP contribution in [0, 0.1) is 5.82 Å². The minimum absolute atomic E-state index is 0.398. The maximum absolute atomic E-state index is 12.6. The van der Waals surface area contributed by atoms with Crippen LogP contribution in [0.4, 0.5) is 4.39 Å². The lowest BCUT2D eigenvalue weighted by Gasteiger charge is -2.17. The van der Waals surface area contributed by atoms with E-state index in [1.54, 1.807) is 0 Å². The Bertz CT molecular complexity index is 424. The molecule has 3 nitrogen and oxygen atoms in total. The van der Waals surface area contributed by atoms with Crippen LogP contribution >= 0.6 is 0 Å². The zero-order valence-corrected chi connectivity index (χ0v) is 9.33. The summed E-state index contributed by atoms with van der Waals surface area (Å²) in [4.78, 5) is 0. The molecule has 5 heteroatoms. The molecule has 1 N–H and O–H groups in total. The molecule has 84 valence electrons. The van der Waals surface area contributed by atoms with Gasteiger partial charge >= 0.3 is 0 Å². The molecule has 0 aliphatic rings. The Kier molecular flexibility index (Phi) is 3.46. The van der Waals surface area contributed by atoms with Crippen molar-refractivity contribution in [3.63, 3.8) is 0 Å². The van der Waals surface area contributed by atoms with E-state index in [-0.39, 0.29) is 0 Å². The second-order valence-corrected chi connectivity index (χ2v) is 5.93. The fraction of sp³-hybridized carbons (Fsp3) is 0.400. The van der Waals surface area contributed by atoms with Crippen LogP contribution < -0.4 is 0 Å². The van der Waals surface area contributed by atoms with Crippen molar-refractivity contribution >= 4 is 9.84 Å². The molecule has 0 spiro atoms. The van der Waals surface area contributed by atoms with Crippen LogP contribution in [-0.2, 0) is 9.84 Å². The van der Waals surface area contributed by atoms with Crippen LogP contribution in [0.5, 0.6) is 0 Å². The summed E-state index contributed by atoms with van der Waals surface area (Å²) in [6.07, 6.45) is -0.0645. The molecule has 0 radical (unpaired) electrons. The lowest BCUT2D eigenvalue weighted by molar-refractivity contribution is 0.176. The van der Waals surface area contributed by atoms with Gasteiger partial charge in [-0.25, -0.2) is 12.8 Å². The highest BCUT2D eigenvalue weighted by atomic mass is 32.2. The van der Waals surface area contributed by atoms with E-state index in [4.69, 9.17) is 0 Å². The van der Waals surface area contributed by atoms with Gasteiger partial charge in [-0.05, 0) is 24.6 Å². The maximum atomic E-state index is 12.6. The molecule has 0 heterocycles. The van der Waals surface area contributed by atoms with E-state index in [2.05, 4.69) is 0 Å². The average Bonchev–Trinajstić information content (AvgIpc) is 2.15. The first-order valence-electron chi connectivity index (χ1n) is 4.45. The van der Waals surface area contributed by atoms with Crippen LogP contribution in [0.1, 0.15) is 18.6 Å². The van der Waals surface area contributed by atoms with Crippen molar-refractivity contribution in [1.29, 1.82) is 0 Å². The van der Waals surface area contributed by atoms with Gasteiger partial charge in [0.1, 0.15) is 5.82 Å². The molecule has 1 aromatic carbocycles. The molecule has 0 saturated carbocycles. The quantitative estimate of drug-likeness (QED) is 0.854. The summed E-state index contributed by atoms with van der Waals surface area (Å²) in [6, 6.07) is 5.13. The highest BCUT2D eigenvalue weighted by Crippen LogP contribution is 2.21. The second kappa shape index (κ2) is 4.28. The monoisotopic (exact) mass is 232 g/mol. The summed E-state index contributed by atoms with van der Waals surface area (Å²) in [5.74, 6) is -0.419. The smallest absolute Gasteiger partial charge is 0.152 e. The number of hydrogen-bond acceptors (Lipinski definition) is 3. The maximum Gasteiger partial charge on any atom is 0.152 e. The van der Waals surface area contributed by atoms with Crippen LogP contribution in [0.15, 0.2) is 24.3 Å². The Hall–Kier alpha value is -0.940. The second-order valence-electron chi connectivity index (χ2n) is 3.53. The van der Waals surface area contributed by atoms with Gasteiger partial charge in [0.15, 0.2) is 9.84 Å². The van der Waals surface area contributed by atoms with Gasteiger partial charge in [-0.3, -0.25) is 0 Å². The third-order valence-electron chi connectivity index (χ3n) is 2.33. The van der Waals surface area contributed by atoms with Gasteiger partial charge in [-0.2, -0.15) is 0 Å². The fourth-order valence-electron chi connectivity index (χ4n) is 1.17. The Morgan fingerprint density at radius 1 is 1.27 bits per heavy atom. The molecule has 0 aliphatic carbocycles. The fourth-order valence-corrected chi connectivity index (χ4v) is 1.79. The van der Waals surface area contributed by atoms with Gasteiger partial charge in [0.05, 0.1) is 11.4 Å². The van der Waals surface area contributed by atoms with Crippen molar-refractivity contribution in [2.75, 3.05) is 6.26 Å². The Morgan fingerprint density at radius 3 is 2.13 bits per heavy atom. The molecule has 0 saturated heterocycles. The van der Waals surface area contributed by atoms with E-state index >= 15 is 0 Å². The zero-order valence-electron chi connectivity index (χ0n) is 8.51. The summed E-state index contributed by atoms with van der Waals surface area (Å²) in [7, 11) is -3.30. The topological polar surface area (TPSA) is 54.4 Å². The number of rotatable bonds is 3. The van der Waals surface area contributed by atoms with E-state index in [1.165, 1.54) is 31.2 Å². The summed E-state index contributed by atoms with van der Waals surface area (Å²) < 4.78 is 34.9. The minimum Gasteiger partial charge on any atom is -0.387 e. The first-order chi connectivity index (χ1) is 6.82. The lowest BCUT2D eigenvalue weighted by Crippen LogP contribution is -2.24. The first-order valence-corrected chi connectivity index (χ1v) is 6.40. The van der Waals surface area contributed by atoms with Gasteiger partial charge in [-0.1, -0.05) is 12.1 Å². The van der Waals surface area contributed by atoms with Crippen molar-refractivity contribution in [3.8, 4) is 0 Å².